The number of anilines is 2. The van der Waals surface area contributed by atoms with Crippen molar-refractivity contribution >= 4 is 34.6 Å². The number of nitrogens with zero attached hydrogens (tertiary/aromatic N) is 3. The number of rotatable bonds is 4. The van der Waals surface area contributed by atoms with Crippen molar-refractivity contribution in [2.45, 2.75) is 31.7 Å². The molecule has 0 N–H and O–H groups in total. The van der Waals surface area contributed by atoms with Gasteiger partial charge in [0, 0.05) is 11.8 Å². The first-order chi connectivity index (χ1) is 15.4. The molecule has 2 aromatic rings. The zero-order chi connectivity index (χ0) is 24.1. The molecule has 2 heterocycles. The van der Waals surface area contributed by atoms with Crippen LogP contribution in [0.3, 0.4) is 0 Å². The molecule has 4 rings (SSSR count). The number of nitriles is 1. The van der Waals surface area contributed by atoms with Gasteiger partial charge in [-0.15, -0.1) is 0 Å². The standard InChI is InChI=1S/C22H17F4N3O3S/c1-21(2)19(30)28(13-4-3-12(9-27)16(7-13)22(24,25)26)20(33)29(21)14-5-6-18(17(23)8-14)32-15-10-31-11-15/h3-8,15H,10-11H2,1-2H3. The van der Waals surface area contributed by atoms with Crippen LogP contribution in [0.4, 0.5) is 28.9 Å². The van der Waals surface area contributed by atoms with Gasteiger partial charge in [-0.2, -0.15) is 18.4 Å². The lowest BCUT2D eigenvalue weighted by atomic mass is 10.0. The van der Waals surface area contributed by atoms with Gasteiger partial charge >= 0.3 is 6.18 Å². The van der Waals surface area contributed by atoms with E-state index in [1.807, 2.05) is 0 Å². The highest BCUT2D eigenvalue weighted by Crippen LogP contribution is 2.40. The molecule has 0 spiro atoms. The van der Waals surface area contributed by atoms with E-state index in [9.17, 15) is 22.4 Å². The smallest absolute Gasteiger partial charge is 0.417 e. The van der Waals surface area contributed by atoms with E-state index in [4.69, 9.17) is 27.0 Å². The van der Waals surface area contributed by atoms with Crippen molar-refractivity contribution in [3.63, 3.8) is 0 Å². The highest BCUT2D eigenvalue weighted by atomic mass is 32.1. The van der Waals surface area contributed by atoms with Gasteiger partial charge in [-0.05, 0) is 56.4 Å². The molecule has 2 aromatic carbocycles. The molecule has 172 valence electrons. The number of halogens is 4. The largest absolute Gasteiger partial charge is 0.483 e. The van der Waals surface area contributed by atoms with E-state index in [0.29, 0.717) is 19.3 Å². The maximum Gasteiger partial charge on any atom is 0.417 e. The van der Waals surface area contributed by atoms with Crippen LogP contribution in [-0.4, -0.2) is 35.9 Å². The number of carbonyl (C=O) groups is 1. The maximum absolute atomic E-state index is 14.7. The van der Waals surface area contributed by atoms with Crippen LogP contribution in [0.15, 0.2) is 36.4 Å². The SMILES string of the molecule is CC1(C)C(=O)N(c2ccc(C#N)c(C(F)(F)F)c2)C(=S)N1c1ccc(OC2COC2)c(F)c1. The Balaban J connectivity index is 1.71. The molecule has 0 bridgehead atoms. The number of alkyl halides is 3. The third-order valence-corrected chi connectivity index (χ3v) is 5.80. The number of amides is 1. The average Bonchev–Trinajstić information content (AvgIpc) is 2.88. The minimum absolute atomic E-state index is 0.0139. The van der Waals surface area contributed by atoms with Gasteiger partial charge in [0.15, 0.2) is 16.7 Å². The molecular weight excluding hydrogens is 462 g/mol. The fraction of sp³-hybridized carbons (Fsp3) is 0.318. The summed E-state index contributed by atoms with van der Waals surface area (Å²) in [5.74, 6) is -1.26. The Labute approximate surface area is 191 Å². The average molecular weight is 479 g/mol. The predicted molar refractivity (Wildman–Crippen MR) is 114 cm³/mol. The van der Waals surface area contributed by atoms with E-state index >= 15 is 0 Å². The zero-order valence-corrected chi connectivity index (χ0v) is 18.3. The monoisotopic (exact) mass is 479 g/mol. The fourth-order valence-corrected chi connectivity index (χ4v) is 4.17. The summed E-state index contributed by atoms with van der Waals surface area (Å²) in [6.07, 6.45) is -5.04. The number of hydrogen-bond donors (Lipinski definition) is 0. The lowest BCUT2D eigenvalue weighted by Gasteiger charge is -2.30. The molecule has 2 aliphatic rings. The van der Waals surface area contributed by atoms with E-state index in [0.717, 1.165) is 17.0 Å². The summed E-state index contributed by atoms with van der Waals surface area (Å²) >= 11 is 5.44. The van der Waals surface area contributed by atoms with Crippen LogP contribution in [0, 0.1) is 17.1 Å². The Morgan fingerprint density at radius 3 is 2.39 bits per heavy atom. The topological polar surface area (TPSA) is 65.8 Å². The van der Waals surface area contributed by atoms with E-state index < -0.39 is 34.6 Å². The van der Waals surface area contributed by atoms with Gasteiger partial charge in [0.1, 0.15) is 11.6 Å². The Hall–Kier alpha value is -3.23. The molecule has 2 saturated heterocycles. The highest BCUT2D eigenvalue weighted by molar-refractivity contribution is 7.81. The van der Waals surface area contributed by atoms with Gasteiger partial charge in [0.2, 0.25) is 0 Å². The summed E-state index contributed by atoms with van der Waals surface area (Å²) in [6.45, 7) is 3.78. The molecule has 11 heteroatoms. The molecule has 33 heavy (non-hydrogen) atoms. The molecule has 0 unspecified atom stereocenters. The molecule has 0 aromatic heterocycles. The third kappa shape index (κ3) is 3.89. The first-order valence-corrected chi connectivity index (χ1v) is 10.2. The normalized spacial score (nSPS) is 18.3. The van der Waals surface area contributed by atoms with Gasteiger partial charge in [0.05, 0.1) is 36.1 Å². The van der Waals surface area contributed by atoms with Crippen molar-refractivity contribution in [3.8, 4) is 11.8 Å². The lowest BCUT2D eigenvalue weighted by molar-refractivity contribution is -0.137. The number of thiocarbonyl (C=S) groups is 1. The van der Waals surface area contributed by atoms with E-state index in [1.165, 1.54) is 43.0 Å². The van der Waals surface area contributed by atoms with Crippen molar-refractivity contribution < 1.29 is 31.8 Å². The number of ether oxygens (including phenoxy) is 2. The van der Waals surface area contributed by atoms with Crippen LogP contribution in [-0.2, 0) is 15.7 Å². The number of benzene rings is 2. The van der Waals surface area contributed by atoms with Gasteiger partial charge in [0.25, 0.3) is 5.91 Å². The summed E-state index contributed by atoms with van der Waals surface area (Å²) in [6, 6.07) is 8.48. The maximum atomic E-state index is 14.7. The van der Waals surface area contributed by atoms with Crippen molar-refractivity contribution in [1.82, 2.24) is 0 Å². The van der Waals surface area contributed by atoms with Crippen LogP contribution in [0.1, 0.15) is 25.0 Å². The minimum atomic E-state index is -4.80. The summed E-state index contributed by atoms with van der Waals surface area (Å²) < 4.78 is 65.5. The van der Waals surface area contributed by atoms with Crippen LogP contribution in [0.2, 0.25) is 0 Å². The Kier molecular flexibility index (Phi) is 5.54. The summed E-state index contributed by atoms with van der Waals surface area (Å²) in [4.78, 5) is 15.5. The van der Waals surface area contributed by atoms with E-state index in [2.05, 4.69) is 0 Å². The molecule has 1 amide bonds. The second-order valence-electron chi connectivity index (χ2n) is 8.05. The second kappa shape index (κ2) is 7.97. The molecule has 2 fully saturated rings. The Morgan fingerprint density at radius 2 is 1.85 bits per heavy atom. The van der Waals surface area contributed by atoms with E-state index in [1.54, 1.807) is 0 Å². The summed E-state index contributed by atoms with van der Waals surface area (Å²) in [5, 5.41) is 8.90. The van der Waals surface area contributed by atoms with Crippen molar-refractivity contribution in [2.24, 2.45) is 0 Å². The van der Waals surface area contributed by atoms with Gasteiger partial charge in [-0.1, -0.05) is 0 Å². The fourth-order valence-electron chi connectivity index (χ4n) is 3.65. The Morgan fingerprint density at radius 1 is 1.18 bits per heavy atom. The van der Waals surface area contributed by atoms with Gasteiger partial charge < -0.3 is 14.4 Å². The highest BCUT2D eigenvalue weighted by Gasteiger charge is 2.51. The third-order valence-electron chi connectivity index (χ3n) is 5.43. The van der Waals surface area contributed by atoms with Crippen LogP contribution in [0.25, 0.3) is 0 Å². The molecule has 2 aliphatic heterocycles. The summed E-state index contributed by atoms with van der Waals surface area (Å²) in [5.41, 5.74) is -2.98. The molecule has 0 saturated carbocycles. The molecular formula is C22H17F4N3O3S. The minimum Gasteiger partial charge on any atom is -0.483 e. The van der Waals surface area contributed by atoms with Gasteiger partial charge in [-0.3, -0.25) is 9.69 Å². The predicted octanol–water partition coefficient (Wildman–Crippen LogP) is 4.41. The molecule has 6 nitrogen and oxygen atoms in total. The molecule has 0 aliphatic carbocycles. The molecule has 0 atom stereocenters. The van der Waals surface area contributed by atoms with Crippen LogP contribution < -0.4 is 14.5 Å². The van der Waals surface area contributed by atoms with E-state index in [-0.39, 0.29) is 28.3 Å². The zero-order valence-electron chi connectivity index (χ0n) is 17.4. The first-order valence-electron chi connectivity index (χ1n) is 9.79. The number of carbonyl (C=O) groups excluding carboxylic acids is 1. The van der Waals surface area contributed by atoms with Crippen molar-refractivity contribution in [1.29, 1.82) is 5.26 Å². The number of hydrogen-bond acceptors (Lipinski definition) is 5. The second-order valence-corrected chi connectivity index (χ2v) is 8.41. The molecule has 0 radical (unpaired) electrons. The van der Waals surface area contributed by atoms with Crippen molar-refractivity contribution in [2.75, 3.05) is 23.0 Å². The van der Waals surface area contributed by atoms with Crippen LogP contribution >= 0.6 is 12.2 Å². The summed E-state index contributed by atoms with van der Waals surface area (Å²) in [7, 11) is 0. The Bertz CT molecular complexity index is 1190. The van der Waals surface area contributed by atoms with Gasteiger partial charge in [-0.25, -0.2) is 4.39 Å². The van der Waals surface area contributed by atoms with Crippen molar-refractivity contribution in [3.05, 3.63) is 53.3 Å². The first kappa shape index (κ1) is 22.9. The van der Waals surface area contributed by atoms with Crippen LogP contribution in [0.5, 0.6) is 5.75 Å². The quantitative estimate of drug-likeness (QED) is 0.478. The lowest BCUT2D eigenvalue weighted by Crippen LogP contribution is -2.44.